The number of amides is 1. The van der Waals surface area contributed by atoms with Crippen LogP contribution in [0.4, 0.5) is 0 Å². The SMILES string of the molecule is COC(=O)C(Cc1ccc(O)cc1)NC(=O)c1nn(-c2ccc(Br)cc2)c(=O)cc1O. The first-order chi connectivity index (χ1) is 14.8. The number of carbonyl (C=O) groups is 2. The van der Waals surface area contributed by atoms with Crippen molar-refractivity contribution in [2.45, 2.75) is 12.5 Å². The van der Waals surface area contributed by atoms with E-state index in [1.54, 1.807) is 36.4 Å². The number of aromatic hydroxyl groups is 2. The zero-order valence-corrected chi connectivity index (χ0v) is 17.9. The molecule has 31 heavy (non-hydrogen) atoms. The third kappa shape index (κ3) is 5.28. The molecule has 1 atom stereocenters. The van der Waals surface area contributed by atoms with E-state index in [-0.39, 0.29) is 12.2 Å². The average molecular weight is 488 g/mol. The second kappa shape index (κ2) is 9.43. The summed E-state index contributed by atoms with van der Waals surface area (Å²) in [6.07, 6.45) is 0.0752. The fourth-order valence-corrected chi connectivity index (χ4v) is 3.07. The van der Waals surface area contributed by atoms with Crippen LogP contribution in [0.2, 0.25) is 0 Å². The Morgan fingerprint density at radius 2 is 1.77 bits per heavy atom. The first-order valence-electron chi connectivity index (χ1n) is 9.04. The molecule has 3 N–H and O–H groups in total. The largest absolute Gasteiger partial charge is 0.508 e. The van der Waals surface area contributed by atoms with Gasteiger partial charge in [-0.05, 0) is 42.0 Å². The smallest absolute Gasteiger partial charge is 0.328 e. The molecule has 0 aliphatic heterocycles. The molecule has 1 aromatic heterocycles. The number of nitrogens with zero attached hydrogens (tertiary/aromatic N) is 2. The lowest BCUT2D eigenvalue weighted by atomic mass is 10.1. The molecule has 0 saturated heterocycles. The summed E-state index contributed by atoms with van der Waals surface area (Å²) in [4.78, 5) is 37.2. The summed E-state index contributed by atoms with van der Waals surface area (Å²) in [5.74, 6) is -2.13. The van der Waals surface area contributed by atoms with Crippen LogP contribution in [-0.2, 0) is 16.0 Å². The molecule has 0 bridgehead atoms. The number of rotatable bonds is 6. The highest BCUT2D eigenvalue weighted by atomic mass is 79.9. The number of halogens is 1. The van der Waals surface area contributed by atoms with Gasteiger partial charge in [0.15, 0.2) is 11.4 Å². The van der Waals surface area contributed by atoms with Gasteiger partial charge in [0, 0.05) is 17.0 Å². The van der Waals surface area contributed by atoms with Crippen molar-refractivity contribution in [3.63, 3.8) is 0 Å². The molecule has 0 aliphatic carbocycles. The Kier molecular flexibility index (Phi) is 6.71. The van der Waals surface area contributed by atoms with Gasteiger partial charge in [-0.1, -0.05) is 28.1 Å². The van der Waals surface area contributed by atoms with Crippen LogP contribution in [0.5, 0.6) is 11.5 Å². The van der Waals surface area contributed by atoms with Gasteiger partial charge in [0.2, 0.25) is 0 Å². The molecule has 1 amide bonds. The summed E-state index contributed by atoms with van der Waals surface area (Å²) in [7, 11) is 1.18. The molecule has 2 aromatic carbocycles. The third-order valence-corrected chi connectivity index (χ3v) is 4.89. The van der Waals surface area contributed by atoms with Crippen LogP contribution in [-0.4, -0.2) is 45.0 Å². The Hall–Kier alpha value is -3.66. The molecule has 1 unspecified atom stereocenters. The van der Waals surface area contributed by atoms with Crippen molar-refractivity contribution in [1.82, 2.24) is 15.1 Å². The predicted molar refractivity (Wildman–Crippen MR) is 114 cm³/mol. The summed E-state index contributed by atoms with van der Waals surface area (Å²) < 4.78 is 6.51. The summed E-state index contributed by atoms with van der Waals surface area (Å²) in [5.41, 5.74) is -0.0199. The van der Waals surface area contributed by atoms with Crippen LogP contribution in [0.15, 0.2) is 63.9 Å². The van der Waals surface area contributed by atoms with E-state index >= 15 is 0 Å². The first kappa shape index (κ1) is 22.0. The van der Waals surface area contributed by atoms with Crippen molar-refractivity contribution in [1.29, 1.82) is 0 Å². The van der Waals surface area contributed by atoms with Crippen LogP contribution in [0.25, 0.3) is 5.69 Å². The van der Waals surface area contributed by atoms with Crippen molar-refractivity contribution in [2.24, 2.45) is 0 Å². The fourth-order valence-electron chi connectivity index (χ4n) is 2.81. The number of methoxy groups -OCH3 is 1. The van der Waals surface area contributed by atoms with Gasteiger partial charge >= 0.3 is 5.97 Å². The molecular formula is C21H18BrN3O6. The van der Waals surface area contributed by atoms with Crippen LogP contribution in [0.1, 0.15) is 16.1 Å². The molecule has 0 radical (unpaired) electrons. The van der Waals surface area contributed by atoms with Crippen molar-refractivity contribution < 1.29 is 24.5 Å². The van der Waals surface area contributed by atoms with E-state index in [0.29, 0.717) is 11.3 Å². The van der Waals surface area contributed by atoms with Crippen LogP contribution in [0, 0.1) is 0 Å². The Balaban J connectivity index is 1.89. The van der Waals surface area contributed by atoms with E-state index < -0.39 is 34.9 Å². The summed E-state index contributed by atoms with van der Waals surface area (Å²) in [6.45, 7) is 0. The minimum absolute atomic E-state index is 0.0618. The molecule has 3 aromatic rings. The predicted octanol–water partition coefficient (Wildman–Crippen LogP) is 1.92. The third-order valence-electron chi connectivity index (χ3n) is 4.37. The molecule has 10 heteroatoms. The molecule has 3 rings (SSSR count). The quantitative estimate of drug-likeness (QED) is 0.452. The van der Waals surface area contributed by atoms with Gasteiger partial charge in [0.05, 0.1) is 12.8 Å². The van der Waals surface area contributed by atoms with Crippen LogP contribution < -0.4 is 10.9 Å². The van der Waals surface area contributed by atoms with Crippen molar-refractivity contribution >= 4 is 27.8 Å². The average Bonchev–Trinajstić information content (AvgIpc) is 2.75. The van der Waals surface area contributed by atoms with Gasteiger partial charge in [0.1, 0.15) is 11.8 Å². The Bertz CT molecular complexity index is 1160. The van der Waals surface area contributed by atoms with Crippen molar-refractivity contribution in [3.05, 3.63) is 80.7 Å². The Morgan fingerprint density at radius 1 is 1.13 bits per heavy atom. The summed E-state index contributed by atoms with van der Waals surface area (Å²) in [6, 6.07) is 12.5. The number of carbonyl (C=O) groups excluding carboxylic acids is 2. The number of aromatic nitrogens is 2. The highest BCUT2D eigenvalue weighted by Crippen LogP contribution is 2.16. The second-order valence-corrected chi connectivity index (χ2v) is 7.44. The topological polar surface area (TPSA) is 131 Å². The van der Waals surface area contributed by atoms with E-state index in [9.17, 15) is 24.6 Å². The van der Waals surface area contributed by atoms with Crippen LogP contribution in [0.3, 0.4) is 0 Å². The minimum atomic E-state index is -1.09. The van der Waals surface area contributed by atoms with E-state index in [2.05, 4.69) is 26.3 Å². The Morgan fingerprint density at radius 3 is 2.39 bits per heavy atom. The van der Waals surface area contributed by atoms with E-state index in [4.69, 9.17) is 4.74 Å². The maximum atomic E-state index is 12.8. The zero-order chi connectivity index (χ0) is 22.5. The number of benzene rings is 2. The van der Waals surface area contributed by atoms with E-state index in [0.717, 1.165) is 15.2 Å². The summed E-state index contributed by atoms with van der Waals surface area (Å²) in [5, 5.41) is 26.0. The first-order valence-corrected chi connectivity index (χ1v) is 9.83. The van der Waals surface area contributed by atoms with Crippen molar-refractivity contribution in [2.75, 3.05) is 7.11 Å². The molecule has 0 saturated carbocycles. The lowest BCUT2D eigenvalue weighted by Gasteiger charge is -2.17. The number of phenolic OH excluding ortho intramolecular Hbond substituents is 1. The number of hydrogen-bond donors (Lipinski definition) is 3. The molecule has 0 aliphatic rings. The standard InChI is InChI=1S/C21H18BrN3O6/c1-31-21(30)16(10-12-2-8-15(26)9-3-12)23-20(29)19-17(27)11-18(28)25(24-19)14-6-4-13(22)5-7-14/h2-9,11,16,26-27H,10H2,1H3,(H,23,29). The maximum Gasteiger partial charge on any atom is 0.328 e. The number of ether oxygens (including phenoxy) is 1. The normalized spacial score (nSPS) is 11.5. The second-order valence-electron chi connectivity index (χ2n) is 6.52. The highest BCUT2D eigenvalue weighted by Gasteiger charge is 2.25. The number of esters is 1. The van der Waals surface area contributed by atoms with Gasteiger partial charge in [0.25, 0.3) is 11.5 Å². The van der Waals surface area contributed by atoms with Gasteiger partial charge in [-0.3, -0.25) is 9.59 Å². The number of nitrogens with one attached hydrogen (secondary N) is 1. The molecule has 0 fully saturated rings. The van der Waals surface area contributed by atoms with Crippen molar-refractivity contribution in [3.8, 4) is 17.2 Å². The maximum absolute atomic E-state index is 12.8. The zero-order valence-electron chi connectivity index (χ0n) is 16.3. The van der Waals surface area contributed by atoms with E-state index in [1.807, 2.05) is 0 Å². The van der Waals surface area contributed by atoms with Gasteiger partial charge in [-0.25, -0.2) is 4.79 Å². The van der Waals surface area contributed by atoms with Crippen LogP contribution >= 0.6 is 15.9 Å². The molecule has 0 spiro atoms. The Labute approximate surface area is 185 Å². The lowest BCUT2D eigenvalue weighted by Crippen LogP contribution is -2.43. The van der Waals surface area contributed by atoms with Gasteiger partial charge in [-0.15, -0.1) is 0 Å². The lowest BCUT2D eigenvalue weighted by molar-refractivity contribution is -0.142. The van der Waals surface area contributed by atoms with E-state index in [1.165, 1.54) is 19.2 Å². The number of hydrogen-bond acceptors (Lipinski definition) is 7. The number of phenols is 1. The summed E-state index contributed by atoms with van der Waals surface area (Å²) >= 11 is 3.29. The van der Waals surface area contributed by atoms with Gasteiger partial charge < -0.3 is 20.3 Å². The fraction of sp³-hybridized carbons (Fsp3) is 0.143. The minimum Gasteiger partial charge on any atom is -0.508 e. The highest BCUT2D eigenvalue weighted by molar-refractivity contribution is 9.10. The monoisotopic (exact) mass is 487 g/mol. The van der Waals surface area contributed by atoms with Gasteiger partial charge in [-0.2, -0.15) is 9.78 Å². The molecule has 1 heterocycles. The molecule has 160 valence electrons. The molecule has 9 nitrogen and oxygen atoms in total. The molecular weight excluding hydrogens is 470 g/mol.